The Labute approximate surface area is 115 Å². The van der Waals surface area contributed by atoms with Crippen LogP contribution in [0.4, 0.5) is 0 Å². The number of ether oxygens (including phenoxy) is 1. The molecule has 1 aromatic carbocycles. The molecule has 0 aliphatic carbocycles. The molecule has 0 fully saturated rings. The van der Waals surface area contributed by atoms with E-state index in [9.17, 15) is 0 Å². The number of pyridine rings is 1. The van der Waals surface area contributed by atoms with Crippen molar-refractivity contribution in [3.8, 4) is 0 Å². The van der Waals surface area contributed by atoms with E-state index in [1.54, 1.807) is 25.3 Å². The zero-order valence-corrected chi connectivity index (χ0v) is 11.0. The van der Waals surface area contributed by atoms with Gasteiger partial charge in [-0.1, -0.05) is 17.7 Å². The zero-order chi connectivity index (χ0) is 13.3. The van der Waals surface area contributed by atoms with Gasteiger partial charge in [-0.05, 0) is 41.6 Å². The topological polar surface area (TPSA) is 43.7 Å². The van der Waals surface area contributed by atoms with Crippen molar-refractivity contribution in [2.45, 2.75) is 12.7 Å². The lowest BCUT2D eigenvalue weighted by Crippen LogP contribution is -2.26. The molecule has 4 nitrogen and oxygen atoms in total. The molecule has 0 radical (unpaired) electrons. The zero-order valence-electron chi connectivity index (χ0n) is 10.2. The molecule has 0 saturated carbocycles. The minimum atomic E-state index is -0.990. The van der Waals surface area contributed by atoms with Gasteiger partial charge in [-0.2, -0.15) is 0 Å². The number of hydrogen-bond acceptors (Lipinski definition) is 4. The third-order valence-corrected chi connectivity index (χ3v) is 3.07. The Morgan fingerprint density at radius 3 is 2.58 bits per heavy atom. The van der Waals surface area contributed by atoms with Gasteiger partial charge in [0.05, 0.1) is 0 Å². The summed E-state index contributed by atoms with van der Waals surface area (Å²) in [5.74, 6) is -0.569. The van der Waals surface area contributed by atoms with Gasteiger partial charge in [0.2, 0.25) is 0 Å². The standard InChI is InChI=1S/C14H11ClN2O2/c1-14(12-4-2-3-9-16-12)18-13(17-19-14)10-5-7-11(15)8-6-10/h2-9H,1H3. The molecule has 1 atom stereocenters. The van der Waals surface area contributed by atoms with Crippen molar-refractivity contribution in [2.24, 2.45) is 5.16 Å². The predicted molar refractivity (Wildman–Crippen MR) is 71.7 cm³/mol. The van der Waals surface area contributed by atoms with Crippen molar-refractivity contribution in [3.63, 3.8) is 0 Å². The molecule has 0 saturated heterocycles. The third-order valence-electron chi connectivity index (χ3n) is 2.82. The summed E-state index contributed by atoms with van der Waals surface area (Å²) in [5.41, 5.74) is 1.48. The summed E-state index contributed by atoms with van der Waals surface area (Å²) in [4.78, 5) is 9.62. The Morgan fingerprint density at radius 1 is 1.11 bits per heavy atom. The highest BCUT2D eigenvalue weighted by molar-refractivity contribution is 6.30. The number of oxime groups is 1. The molecular formula is C14H11ClN2O2. The van der Waals surface area contributed by atoms with Crippen molar-refractivity contribution in [2.75, 3.05) is 0 Å². The SMILES string of the molecule is CC1(c2ccccn2)ON=C(c2ccc(Cl)cc2)O1. The first-order valence-electron chi connectivity index (χ1n) is 5.80. The van der Waals surface area contributed by atoms with Crippen molar-refractivity contribution in [1.29, 1.82) is 0 Å². The van der Waals surface area contributed by atoms with Gasteiger partial charge in [0.1, 0.15) is 5.69 Å². The second-order valence-electron chi connectivity index (χ2n) is 4.26. The van der Waals surface area contributed by atoms with Gasteiger partial charge >= 0.3 is 5.79 Å². The summed E-state index contributed by atoms with van der Waals surface area (Å²) in [5, 5.41) is 4.64. The fourth-order valence-corrected chi connectivity index (χ4v) is 1.91. The molecule has 96 valence electrons. The molecular weight excluding hydrogens is 264 g/mol. The molecule has 2 aromatic rings. The van der Waals surface area contributed by atoms with Crippen molar-refractivity contribution in [3.05, 3.63) is 64.9 Å². The number of benzene rings is 1. The Bertz CT molecular complexity index is 613. The Balaban J connectivity index is 1.85. The minimum absolute atomic E-state index is 0.421. The summed E-state index contributed by atoms with van der Waals surface area (Å²) in [6.45, 7) is 1.78. The minimum Gasteiger partial charge on any atom is -0.424 e. The van der Waals surface area contributed by atoms with Gasteiger partial charge in [-0.3, -0.25) is 4.98 Å². The van der Waals surface area contributed by atoms with Crippen LogP contribution in [-0.2, 0) is 15.4 Å². The molecule has 0 amide bonds. The second kappa shape index (κ2) is 4.55. The summed E-state index contributed by atoms with van der Waals surface area (Å²) in [6, 6.07) is 12.8. The molecule has 19 heavy (non-hydrogen) atoms. The highest BCUT2D eigenvalue weighted by Crippen LogP contribution is 2.32. The van der Waals surface area contributed by atoms with E-state index in [1.807, 2.05) is 30.3 Å². The molecule has 3 rings (SSSR count). The van der Waals surface area contributed by atoms with Crippen LogP contribution < -0.4 is 0 Å². The largest absolute Gasteiger partial charge is 0.424 e. The van der Waals surface area contributed by atoms with Crippen LogP contribution in [0.15, 0.2) is 53.8 Å². The van der Waals surface area contributed by atoms with E-state index >= 15 is 0 Å². The van der Waals surface area contributed by atoms with Gasteiger partial charge < -0.3 is 9.57 Å². The van der Waals surface area contributed by atoms with Crippen LogP contribution >= 0.6 is 11.6 Å². The number of rotatable bonds is 2. The lowest BCUT2D eigenvalue weighted by atomic mass is 10.2. The Morgan fingerprint density at radius 2 is 1.89 bits per heavy atom. The van der Waals surface area contributed by atoms with Crippen molar-refractivity contribution >= 4 is 17.5 Å². The smallest absolute Gasteiger partial charge is 0.317 e. The maximum Gasteiger partial charge on any atom is 0.317 e. The first-order chi connectivity index (χ1) is 9.17. The summed E-state index contributed by atoms with van der Waals surface area (Å²) >= 11 is 5.85. The molecule has 1 aliphatic heterocycles. The van der Waals surface area contributed by atoms with Crippen LogP contribution in [-0.4, -0.2) is 10.9 Å². The number of halogens is 1. The van der Waals surface area contributed by atoms with Gasteiger partial charge in [0.25, 0.3) is 5.90 Å². The van der Waals surface area contributed by atoms with Gasteiger partial charge in [-0.25, -0.2) is 0 Å². The number of aromatic nitrogens is 1. The fourth-order valence-electron chi connectivity index (χ4n) is 1.78. The van der Waals surface area contributed by atoms with E-state index in [0.717, 1.165) is 5.56 Å². The molecule has 2 heterocycles. The van der Waals surface area contributed by atoms with E-state index in [-0.39, 0.29) is 0 Å². The molecule has 0 N–H and O–H groups in total. The first-order valence-corrected chi connectivity index (χ1v) is 6.18. The maximum absolute atomic E-state index is 5.85. The summed E-state index contributed by atoms with van der Waals surface area (Å²) in [7, 11) is 0. The predicted octanol–water partition coefficient (Wildman–Crippen LogP) is 3.32. The third kappa shape index (κ3) is 2.27. The Hall–Kier alpha value is -2.07. The second-order valence-corrected chi connectivity index (χ2v) is 4.69. The van der Waals surface area contributed by atoms with Gasteiger partial charge in [-0.15, -0.1) is 0 Å². The average molecular weight is 275 g/mol. The van der Waals surface area contributed by atoms with Crippen LogP contribution in [0.1, 0.15) is 18.2 Å². The molecule has 5 heteroatoms. The highest BCUT2D eigenvalue weighted by Gasteiger charge is 2.39. The Kier molecular flexibility index (Phi) is 2.87. The fraction of sp³-hybridized carbons (Fsp3) is 0.143. The monoisotopic (exact) mass is 274 g/mol. The lowest BCUT2D eigenvalue weighted by Gasteiger charge is -2.20. The van der Waals surface area contributed by atoms with Gasteiger partial charge in [0.15, 0.2) is 0 Å². The highest BCUT2D eigenvalue weighted by atomic mass is 35.5. The van der Waals surface area contributed by atoms with Crippen molar-refractivity contribution in [1.82, 2.24) is 4.98 Å². The quantitative estimate of drug-likeness (QED) is 0.844. The molecule has 0 spiro atoms. The van der Waals surface area contributed by atoms with Crippen LogP contribution in [0.3, 0.4) is 0 Å². The first kappa shape index (κ1) is 12.0. The maximum atomic E-state index is 5.85. The van der Waals surface area contributed by atoms with Crippen molar-refractivity contribution < 1.29 is 9.57 Å². The summed E-state index contributed by atoms with van der Waals surface area (Å²) < 4.78 is 5.78. The molecule has 1 aromatic heterocycles. The van der Waals surface area contributed by atoms with Crippen LogP contribution in [0.2, 0.25) is 5.02 Å². The number of hydrogen-bond donors (Lipinski definition) is 0. The van der Waals surface area contributed by atoms with Crippen LogP contribution in [0.25, 0.3) is 0 Å². The van der Waals surface area contributed by atoms with E-state index in [0.29, 0.717) is 16.6 Å². The van der Waals surface area contributed by atoms with Crippen LogP contribution in [0.5, 0.6) is 0 Å². The van der Waals surface area contributed by atoms with E-state index in [2.05, 4.69) is 10.1 Å². The van der Waals surface area contributed by atoms with E-state index < -0.39 is 5.79 Å². The van der Waals surface area contributed by atoms with E-state index in [1.165, 1.54) is 0 Å². The van der Waals surface area contributed by atoms with E-state index in [4.69, 9.17) is 21.2 Å². The van der Waals surface area contributed by atoms with Crippen LogP contribution in [0, 0.1) is 0 Å². The lowest BCUT2D eigenvalue weighted by molar-refractivity contribution is -0.155. The molecule has 0 bridgehead atoms. The molecule has 1 unspecified atom stereocenters. The van der Waals surface area contributed by atoms with Gasteiger partial charge in [0, 0.05) is 23.7 Å². The normalized spacial score (nSPS) is 21.5. The molecule has 1 aliphatic rings. The summed E-state index contributed by atoms with van der Waals surface area (Å²) in [6.07, 6.45) is 1.69. The number of nitrogens with zero attached hydrogens (tertiary/aromatic N) is 2. The average Bonchev–Trinajstić information content (AvgIpc) is 2.85.